The molecule has 2 aromatic heterocycles. The number of carbonyl (C=O) groups is 1. The number of hydrogen-bond acceptors (Lipinski definition) is 7. The fraction of sp³-hybridized carbons (Fsp3) is 0.263. The lowest BCUT2D eigenvalue weighted by molar-refractivity contribution is 0.0951. The molecule has 0 saturated heterocycles. The van der Waals surface area contributed by atoms with Gasteiger partial charge >= 0.3 is 5.76 Å². The van der Waals surface area contributed by atoms with E-state index in [4.69, 9.17) is 0 Å². The Bertz CT molecular complexity index is 1200. The summed E-state index contributed by atoms with van der Waals surface area (Å²) in [6, 6.07) is 8.45. The van der Waals surface area contributed by atoms with Crippen molar-refractivity contribution in [1.29, 1.82) is 0 Å². The van der Waals surface area contributed by atoms with E-state index >= 15 is 0 Å². The topological polar surface area (TPSA) is 119 Å². The average molecular weight is 450 g/mol. The summed E-state index contributed by atoms with van der Waals surface area (Å²) >= 11 is 0. The third kappa shape index (κ3) is 5.02. The predicted molar refractivity (Wildman–Crippen MR) is 109 cm³/mol. The summed E-state index contributed by atoms with van der Waals surface area (Å²) in [6.07, 6.45) is 1.37. The van der Waals surface area contributed by atoms with Crippen LogP contribution in [0.2, 0.25) is 0 Å². The van der Waals surface area contributed by atoms with Crippen molar-refractivity contribution >= 4 is 21.6 Å². The van der Waals surface area contributed by atoms with Gasteiger partial charge in [0, 0.05) is 24.8 Å². The lowest BCUT2D eigenvalue weighted by Gasteiger charge is -2.11. The Morgan fingerprint density at radius 1 is 1.13 bits per heavy atom. The summed E-state index contributed by atoms with van der Waals surface area (Å²) in [5.41, 5.74) is 1.42. The van der Waals surface area contributed by atoms with Crippen LogP contribution in [0.4, 0.5) is 14.6 Å². The Hall–Kier alpha value is -3.41. The van der Waals surface area contributed by atoms with E-state index in [0.29, 0.717) is 11.6 Å². The summed E-state index contributed by atoms with van der Waals surface area (Å²) in [5.74, 6) is -3.32. The molecule has 0 spiro atoms. The van der Waals surface area contributed by atoms with Crippen LogP contribution in [0.5, 0.6) is 0 Å². The van der Waals surface area contributed by atoms with Gasteiger partial charge in [0.25, 0.3) is 5.91 Å². The Morgan fingerprint density at radius 3 is 2.55 bits per heavy atom. The van der Waals surface area contributed by atoms with Gasteiger partial charge in [-0.15, -0.1) is 0 Å². The van der Waals surface area contributed by atoms with Crippen LogP contribution in [0.25, 0.3) is 5.82 Å². The van der Waals surface area contributed by atoms with E-state index in [1.807, 2.05) is 19.9 Å². The summed E-state index contributed by atoms with van der Waals surface area (Å²) in [5, 5.41) is 9.87. The van der Waals surface area contributed by atoms with E-state index in [1.165, 1.54) is 24.5 Å². The zero-order valence-electron chi connectivity index (χ0n) is 16.7. The number of alkyl halides is 2. The molecule has 0 aliphatic carbocycles. The summed E-state index contributed by atoms with van der Waals surface area (Å²) in [7, 11) is -4.89. The summed E-state index contributed by atoms with van der Waals surface area (Å²) in [6.45, 7) is 4.12. The normalized spacial score (nSPS) is 11.5. The third-order valence-electron chi connectivity index (χ3n) is 4.27. The molecule has 0 aliphatic heterocycles. The lowest BCUT2D eigenvalue weighted by atomic mass is 10.2. The van der Waals surface area contributed by atoms with Crippen LogP contribution in [0, 0.1) is 13.8 Å². The number of anilines is 1. The lowest BCUT2D eigenvalue weighted by Crippen LogP contribution is -2.30. The minimum atomic E-state index is -4.89. The molecule has 31 heavy (non-hydrogen) atoms. The van der Waals surface area contributed by atoms with Crippen LogP contribution in [-0.2, 0) is 9.84 Å². The highest BCUT2D eigenvalue weighted by atomic mass is 32.2. The van der Waals surface area contributed by atoms with Gasteiger partial charge in [0.15, 0.2) is 5.82 Å². The standard InChI is InChI=1S/C19H20F2N6O3S/c1-12-9-13(2)27(26-12)17-10-16(24-11-25-17)22-7-8-23-18(28)14-5-3-4-6-15(14)31(29,30)19(20)21/h3-6,9-11,19H,7-8H2,1-2H3,(H,23,28)(H,22,24,25). The third-order valence-corrected chi connectivity index (χ3v) is 5.71. The molecule has 164 valence electrons. The van der Waals surface area contributed by atoms with Gasteiger partial charge in [0.2, 0.25) is 9.84 Å². The minimum absolute atomic E-state index is 0.0983. The molecule has 0 bridgehead atoms. The Kier molecular flexibility index (Phi) is 6.59. The highest BCUT2D eigenvalue weighted by Crippen LogP contribution is 2.22. The maximum atomic E-state index is 12.9. The van der Waals surface area contributed by atoms with E-state index in [2.05, 4.69) is 25.7 Å². The van der Waals surface area contributed by atoms with Crippen LogP contribution in [-0.4, -0.2) is 52.9 Å². The zero-order chi connectivity index (χ0) is 22.6. The van der Waals surface area contributed by atoms with Crippen LogP contribution >= 0.6 is 0 Å². The van der Waals surface area contributed by atoms with E-state index in [-0.39, 0.29) is 18.7 Å². The van der Waals surface area contributed by atoms with Crippen LogP contribution in [0.15, 0.2) is 47.6 Å². The Morgan fingerprint density at radius 2 is 1.87 bits per heavy atom. The molecule has 0 atom stereocenters. The molecule has 9 nitrogen and oxygen atoms in total. The number of hydrogen-bond donors (Lipinski definition) is 2. The van der Waals surface area contributed by atoms with Crippen molar-refractivity contribution in [2.75, 3.05) is 18.4 Å². The average Bonchev–Trinajstić information content (AvgIpc) is 3.09. The number of benzene rings is 1. The maximum Gasteiger partial charge on any atom is 0.341 e. The van der Waals surface area contributed by atoms with Gasteiger partial charge in [0.05, 0.1) is 16.2 Å². The first-order valence-corrected chi connectivity index (χ1v) is 10.7. The van der Waals surface area contributed by atoms with E-state index in [0.717, 1.165) is 17.5 Å². The number of nitrogens with one attached hydrogen (secondary N) is 2. The number of rotatable bonds is 8. The van der Waals surface area contributed by atoms with Crippen molar-refractivity contribution in [3.63, 3.8) is 0 Å². The molecule has 1 aromatic carbocycles. The molecule has 2 heterocycles. The molecule has 3 aromatic rings. The first kappa shape index (κ1) is 22.3. The molecule has 0 aliphatic rings. The number of sulfone groups is 1. The number of aromatic nitrogens is 4. The number of aryl methyl sites for hydroxylation is 2. The monoisotopic (exact) mass is 450 g/mol. The molecular weight excluding hydrogens is 430 g/mol. The van der Waals surface area contributed by atoms with Crippen molar-refractivity contribution in [3.8, 4) is 5.82 Å². The van der Waals surface area contributed by atoms with Crippen LogP contribution in [0.3, 0.4) is 0 Å². The highest BCUT2D eigenvalue weighted by Gasteiger charge is 2.30. The van der Waals surface area contributed by atoms with Gasteiger partial charge in [0.1, 0.15) is 12.1 Å². The van der Waals surface area contributed by atoms with Crippen molar-refractivity contribution in [2.24, 2.45) is 0 Å². The molecule has 0 fully saturated rings. The molecule has 0 unspecified atom stereocenters. The van der Waals surface area contributed by atoms with E-state index < -0.39 is 26.4 Å². The van der Waals surface area contributed by atoms with Crippen molar-refractivity contribution < 1.29 is 22.0 Å². The van der Waals surface area contributed by atoms with Gasteiger partial charge < -0.3 is 10.6 Å². The second-order valence-corrected chi connectivity index (χ2v) is 8.47. The molecular formula is C19H20F2N6O3S. The van der Waals surface area contributed by atoms with Crippen LogP contribution < -0.4 is 10.6 Å². The van der Waals surface area contributed by atoms with E-state index in [1.54, 1.807) is 10.7 Å². The largest absolute Gasteiger partial charge is 0.368 e. The number of amides is 1. The Labute approximate surface area is 177 Å². The molecule has 12 heteroatoms. The fourth-order valence-electron chi connectivity index (χ4n) is 2.88. The smallest absolute Gasteiger partial charge is 0.341 e. The fourth-order valence-corrected chi connectivity index (χ4v) is 3.81. The molecule has 3 rings (SSSR count). The summed E-state index contributed by atoms with van der Waals surface area (Å²) < 4.78 is 51.0. The SMILES string of the molecule is Cc1cc(C)n(-c2cc(NCCNC(=O)c3ccccc3S(=O)(=O)C(F)F)ncn2)n1. The van der Waals surface area contributed by atoms with Crippen molar-refractivity contribution in [2.45, 2.75) is 24.5 Å². The van der Waals surface area contributed by atoms with Crippen molar-refractivity contribution in [1.82, 2.24) is 25.1 Å². The first-order chi connectivity index (χ1) is 14.7. The molecule has 1 amide bonds. The van der Waals surface area contributed by atoms with Crippen LogP contribution in [0.1, 0.15) is 21.7 Å². The Balaban J connectivity index is 1.62. The number of nitrogens with zero attached hydrogens (tertiary/aromatic N) is 4. The highest BCUT2D eigenvalue weighted by molar-refractivity contribution is 7.91. The maximum absolute atomic E-state index is 12.9. The summed E-state index contributed by atoms with van der Waals surface area (Å²) in [4.78, 5) is 19.9. The van der Waals surface area contributed by atoms with Gasteiger partial charge in [-0.2, -0.15) is 13.9 Å². The second-order valence-electron chi connectivity index (χ2n) is 6.58. The first-order valence-electron chi connectivity index (χ1n) is 9.19. The predicted octanol–water partition coefficient (Wildman–Crippen LogP) is 2.12. The zero-order valence-corrected chi connectivity index (χ0v) is 17.5. The van der Waals surface area contributed by atoms with Gasteiger partial charge in [-0.1, -0.05) is 12.1 Å². The molecule has 0 radical (unpaired) electrons. The minimum Gasteiger partial charge on any atom is -0.368 e. The molecule has 2 N–H and O–H groups in total. The number of halogens is 2. The van der Waals surface area contributed by atoms with E-state index in [9.17, 15) is 22.0 Å². The molecule has 0 saturated carbocycles. The second kappa shape index (κ2) is 9.16. The van der Waals surface area contributed by atoms with Gasteiger partial charge in [-0.05, 0) is 32.0 Å². The number of carbonyl (C=O) groups excluding carboxylic acids is 1. The van der Waals surface area contributed by atoms with Gasteiger partial charge in [-0.25, -0.2) is 23.1 Å². The quantitative estimate of drug-likeness (QED) is 0.505. The van der Waals surface area contributed by atoms with Crippen molar-refractivity contribution in [3.05, 3.63) is 59.7 Å². The van der Waals surface area contributed by atoms with Gasteiger partial charge in [-0.3, -0.25) is 4.79 Å².